The molecule has 2 aromatic rings. The maximum absolute atomic E-state index is 11.8. The van der Waals surface area contributed by atoms with Gasteiger partial charge < -0.3 is 24.9 Å². The Labute approximate surface area is 142 Å². The molecule has 0 aliphatic carbocycles. The predicted molar refractivity (Wildman–Crippen MR) is 67.6 cm³/mol. The summed E-state index contributed by atoms with van der Waals surface area (Å²) in [5, 5.41) is 31.5. The number of aromatic carboxylic acids is 1. The van der Waals surface area contributed by atoms with E-state index < -0.39 is 34.6 Å². The van der Waals surface area contributed by atoms with Gasteiger partial charge >= 0.3 is 35.5 Å². The fourth-order valence-corrected chi connectivity index (χ4v) is 2.00. The third-order valence-electron chi connectivity index (χ3n) is 2.84. The summed E-state index contributed by atoms with van der Waals surface area (Å²) in [6.07, 6.45) is 0. The fourth-order valence-electron chi connectivity index (χ4n) is 2.00. The van der Waals surface area contributed by atoms with Crippen LogP contribution in [0.25, 0.3) is 10.8 Å². The van der Waals surface area contributed by atoms with Crippen molar-refractivity contribution in [3.63, 3.8) is 0 Å². The van der Waals surface area contributed by atoms with Crippen molar-refractivity contribution in [1.29, 1.82) is 0 Å². The molecular weight excluding hydrogens is 287 g/mol. The topological polar surface area (TPSA) is 107 Å². The van der Waals surface area contributed by atoms with Crippen LogP contribution in [0, 0.1) is 0 Å². The van der Waals surface area contributed by atoms with E-state index in [4.69, 9.17) is 4.74 Å². The Morgan fingerprint density at radius 3 is 2.00 bits per heavy atom. The number of hydrogen-bond donors (Lipinski definition) is 2. The average molecular weight is 298 g/mol. The van der Waals surface area contributed by atoms with Crippen molar-refractivity contribution >= 4 is 22.7 Å². The maximum atomic E-state index is 11.8. The molecule has 0 aliphatic rings. The molecule has 2 aromatic carbocycles. The van der Waals surface area contributed by atoms with Gasteiger partial charge in [-0.3, -0.25) is 0 Å². The zero-order chi connectivity index (χ0) is 14.9. The van der Waals surface area contributed by atoms with Crippen LogP contribution in [0.15, 0.2) is 24.3 Å². The van der Waals surface area contributed by atoms with Crippen molar-refractivity contribution in [3.8, 4) is 11.5 Å². The molecule has 104 valence electrons. The van der Waals surface area contributed by atoms with Crippen LogP contribution in [0.1, 0.15) is 27.6 Å². The molecule has 7 heteroatoms. The van der Waals surface area contributed by atoms with Gasteiger partial charge in [-0.05, 0) is 6.92 Å². The number of carbonyl (C=O) groups excluding carboxylic acids is 2. The fraction of sp³-hybridized carbons (Fsp3) is 0.143. The Kier molecular flexibility index (Phi) is 5.60. The first kappa shape index (κ1) is 17.3. The van der Waals surface area contributed by atoms with Crippen LogP contribution < -0.4 is 34.7 Å². The summed E-state index contributed by atoms with van der Waals surface area (Å²) in [6, 6.07) is 6.01. The van der Waals surface area contributed by atoms with E-state index in [1.165, 1.54) is 19.1 Å². The quantitative estimate of drug-likeness (QED) is 0.378. The number of carbonyl (C=O) groups is 2. The summed E-state index contributed by atoms with van der Waals surface area (Å²) in [5.41, 5.74) is -1.39. The number of aromatic hydroxyl groups is 2. The third kappa shape index (κ3) is 2.97. The van der Waals surface area contributed by atoms with Crippen molar-refractivity contribution in [2.24, 2.45) is 0 Å². The Hall–Kier alpha value is -1.76. The summed E-state index contributed by atoms with van der Waals surface area (Å²) in [6.45, 7) is 1.53. The summed E-state index contributed by atoms with van der Waals surface area (Å²) >= 11 is 0. The van der Waals surface area contributed by atoms with E-state index in [0.717, 1.165) is 0 Å². The van der Waals surface area contributed by atoms with Gasteiger partial charge in [-0.2, -0.15) is 0 Å². The monoisotopic (exact) mass is 298 g/mol. The predicted octanol–water partition coefficient (Wildman–Crippen LogP) is -2.20. The molecule has 0 aliphatic heterocycles. The van der Waals surface area contributed by atoms with Crippen molar-refractivity contribution in [2.75, 3.05) is 6.61 Å². The van der Waals surface area contributed by atoms with Gasteiger partial charge in [0.2, 0.25) is 0 Å². The van der Waals surface area contributed by atoms with E-state index in [9.17, 15) is 24.9 Å². The molecule has 0 radical (unpaired) electrons. The Balaban J connectivity index is 0.00000220. The summed E-state index contributed by atoms with van der Waals surface area (Å²) < 4.78 is 4.70. The first-order valence-corrected chi connectivity index (χ1v) is 5.84. The number of carboxylic acid groups (broad SMARTS) is 1. The molecule has 6 nitrogen and oxygen atoms in total. The minimum Gasteiger partial charge on any atom is -0.545 e. The number of fused-ring (bicyclic) bond motifs is 1. The van der Waals surface area contributed by atoms with Gasteiger partial charge in [-0.15, -0.1) is 0 Å². The zero-order valence-corrected chi connectivity index (χ0v) is 13.5. The second-order valence-corrected chi connectivity index (χ2v) is 4.00. The third-order valence-corrected chi connectivity index (χ3v) is 2.84. The van der Waals surface area contributed by atoms with Crippen LogP contribution >= 0.6 is 0 Å². The number of esters is 1. The number of hydrogen-bond acceptors (Lipinski definition) is 6. The summed E-state index contributed by atoms with van der Waals surface area (Å²) in [7, 11) is 0. The van der Waals surface area contributed by atoms with Gasteiger partial charge in [0.1, 0.15) is 17.1 Å². The number of ether oxygens (including phenoxy) is 1. The van der Waals surface area contributed by atoms with Crippen LogP contribution in [-0.4, -0.2) is 28.8 Å². The standard InChI is InChI=1S/C14H12O6.Na/c1-2-20-14(19)10-9(13(17)18)11(15)7-5-3-4-6-8(7)12(10)16;/h3-6,15-16H,2H2,1H3,(H,17,18);/q;+1/p-1. The molecule has 0 unspecified atom stereocenters. The van der Waals surface area contributed by atoms with E-state index >= 15 is 0 Å². The van der Waals surface area contributed by atoms with E-state index in [1.807, 2.05) is 0 Å². The second kappa shape index (κ2) is 6.80. The van der Waals surface area contributed by atoms with Crippen LogP contribution in [-0.2, 0) is 4.74 Å². The molecule has 0 amide bonds. The number of phenols is 2. The molecule has 0 heterocycles. The van der Waals surface area contributed by atoms with Crippen molar-refractivity contribution in [2.45, 2.75) is 6.92 Å². The van der Waals surface area contributed by atoms with Crippen molar-refractivity contribution < 1.29 is 59.2 Å². The summed E-state index contributed by atoms with van der Waals surface area (Å²) in [4.78, 5) is 23.0. The molecular formula is C14H11NaO6. The van der Waals surface area contributed by atoms with Gasteiger partial charge in [0.25, 0.3) is 0 Å². The maximum Gasteiger partial charge on any atom is 1.00 e. The molecule has 0 fully saturated rings. The van der Waals surface area contributed by atoms with Crippen LogP contribution in [0.4, 0.5) is 0 Å². The number of phenolic OH excluding ortho intramolecular Hbond substituents is 1. The van der Waals surface area contributed by atoms with Crippen molar-refractivity contribution in [3.05, 3.63) is 35.4 Å². The molecule has 0 spiro atoms. The minimum absolute atomic E-state index is 0. The van der Waals surface area contributed by atoms with Gasteiger partial charge in [0.15, 0.2) is 0 Å². The van der Waals surface area contributed by atoms with Gasteiger partial charge in [-0.25, -0.2) is 4.79 Å². The van der Waals surface area contributed by atoms with E-state index in [0.29, 0.717) is 0 Å². The molecule has 2 N–H and O–H groups in total. The Bertz CT molecular complexity index is 710. The normalized spacial score (nSPS) is 9.95. The van der Waals surface area contributed by atoms with Crippen molar-refractivity contribution in [1.82, 2.24) is 0 Å². The first-order valence-electron chi connectivity index (χ1n) is 5.84. The Morgan fingerprint density at radius 1 is 1.10 bits per heavy atom. The number of carboxylic acids is 1. The first-order chi connectivity index (χ1) is 9.49. The SMILES string of the molecule is CCOC(=O)c1c(C(=O)[O-])c(O)c2ccccc2c1O.[Na+]. The minimum atomic E-state index is -1.77. The Morgan fingerprint density at radius 2 is 1.57 bits per heavy atom. The molecule has 21 heavy (non-hydrogen) atoms. The molecule has 2 rings (SSSR count). The molecule has 0 bridgehead atoms. The second-order valence-electron chi connectivity index (χ2n) is 4.00. The van der Waals surface area contributed by atoms with Gasteiger partial charge in [0.05, 0.1) is 18.1 Å². The van der Waals surface area contributed by atoms with E-state index in [2.05, 4.69) is 0 Å². The van der Waals surface area contributed by atoms with Crippen LogP contribution in [0.2, 0.25) is 0 Å². The molecule has 0 saturated heterocycles. The van der Waals surface area contributed by atoms with Gasteiger partial charge in [0, 0.05) is 10.8 Å². The van der Waals surface area contributed by atoms with Crippen LogP contribution in [0.5, 0.6) is 11.5 Å². The largest absolute Gasteiger partial charge is 1.00 e. The smallest absolute Gasteiger partial charge is 0.545 e. The zero-order valence-electron chi connectivity index (χ0n) is 11.5. The summed E-state index contributed by atoms with van der Waals surface area (Å²) in [5.74, 6) is -4.01. The molecule has 0 aromatic heterocycles. The number of rotatable bonds is 3. The molecule has 0 saturated carbocycles. The van der Waals surface area contributed by atoms with Crippen LogP contribution in [0.3, 0.4) is 0 Å². The van der Waals surface area contributed by atoms with E-state index in [-0.39, 0.29) is 46.9 Å². The van der Waals surface area contributed by atoms with Gasteiger partial charge in [-0.1, -0.05) is 24.3 Å². The number of benzene rings is 2. The van der Waals surface area contributed by atoms with E-state index in [1.54, 1.807) is 12.1 Å². The molecule has 0 atom stereocenters. The average Bonchev–Trinajstić information content (AvgIpc) is 2.42.